The van der Waals surface area contributed by atoms with Crippen LogP contribution in [0.15, 0.2) is 94.6 Å². The molecule has 0 spiro atoms. The molecule has 9 nitrogen and oxygen atoms in total. The number of nitrogens with zero attached hydrogens (tertiary/aromatic N) is 3. The number of carbonyl (C=O) groups is 3. The monoisotopic (exact) mass is 620 g/mol. The van der Waals surface area contributed by atoms with Gasteiger partial charge in [0.1, 0.15) is 24.2 Å². The summed E-state index contributed by atoms with van der Waals surface area (Å²) in [4.78, 5) is 56.8. The van der Waals surface area contributed by atoms with Gasteiger partial charge in [-0.25, -0.2) is 9.18 Å². The smallest absolute Gasteiger partial charge is 0.410 e. The molecule has 2 aromatic heterocycles. The van der Waals surface area contributed by atoms with Crippen molar-refractivity contribution >= 4 is 39.4 Å². The van der Waals surface area contributed by atoms with Crippen LogP contribution in [0.5, 0.6) is 0 Å². The minimum absolute atomic E-state index is 0.00241. The molecule has 11 heteroatoms. The van der Waals surface area contributed by atoms with E-state index in [-0.39, 0.29) is 30.2 Å². The fourth-order valence-electron chi connectivity index (χ4n) is 3.84. The number of hydrogen-bond acceptors (Lipinski definition) is 6. The highest BCUT2D eigenvalue weighted by Gasteiger charge is 2.25. The zero-order chi connectivity index (χ0) is 29.5. The highest BCUT2D eigenvalue weighted by molar-refractivity contribution is 9.10. The maximum Gasteiger partial charge on any atom is 0.410 e. The summed E-state index contributed by atoms with van der Waals surface area (Å²) in [5, 5.41) is 2.59. The molecule has 2 amide bonds. The van der Waals surface area contributed by atoms with Gasteiger partial charge < -0.3 is 10.1 Å². The van der Waals surface area contributed by atoms with Gasteiger partial charge in [-0.2, -0.15) is 0 Å². The molecule has 0 saturated carbocycles. The van der Waals surface area contributed by atoms with Crippen molar-refractivity contribution in [2.24, 2.45) is 0 Å². The molecule has 210 valence electrons. The third-order valence-electron chi connectivity index (χ3n) is 6.34. The Morgan fingerprint density at radius 2 is 1.71 bits per heavy atom. The first-order valence-corrected chi connectivity index (χ1v) is 13.3. The molecule has 0 radical (unpaired) electrons. The predicted molar refractivity (Wildman–Crippen MR) is 154 cm³/mol. The standard InChI is InChI=1S/C30H26BrFN4O5/c1-19(35(2)30(40)41-18-20-6-4-3-5-7-20)28(38)34-25-12-13-26(31)36(29(25)39)17-21-14-23(16-33-15-21)27(37)22-8-10-24(32)11-9-22/h3-16,19H,17-18H2,1-2H3,(H,34,38)/t19-/m0/s1. The molecule has 0 saturated heterocycles. The zero-order valence-corrected chi connectivity index (χ0v) is 23.8. The third-order valence-corrected chi connectivity index (χ3v) is 7.03. The molecule has 0 aliphatic heterocycles. The Balaban J connectivity index is 1.45. The number of ether oxygens (including phenoxy) is 1. The number of pyridine rings is 2. The van der Waals surface area contributed by atoms with Gasteiger partial charge >= 0.3 is 6.09 Å². The number of amides is 2. The van der Waals surface area contributed by atoms with Crippen molar-refractivity contribution in [2.75, 3.05) is 12.4 Å². The van der Waals surface area contributed by atoms with Gasteiger partial charge in [0.05, 0.1) is 11.1 Å². The maximum atomic E-state index is 13.3. The Kier molecular flexibility index (Phi) is 9.41. The summed E-state index contributed by atoms with van der Waals surface area (Å²) >= 11 is 3.36. The topological polar surface area (TPSA) is 111 Å². The normalized spacial score (nSPS) is 11.4. The molecule has 1 atom stereocenters. The Morgan fingerprint density at radius 1 is 1.00 bits per heavy atom. The molecule has 4 rings (SSSR count). The number of aromatic nitrogens is 2. The summed E-state index contributed by atoms with van der Waals surface area (Å²) < 4.78 is 20.3. The van der Waals surface area contributed by atoms with Crippen LogP contribution in [-0.4, -0.2) is 45.3 Å². The van der Waals surface area contributed by atoms with Crippen LogP contribution in [0.2, 0.25) is 0 Å². The number of hydrogen-bond donors (Lipinski definition) is 1. The molecule has 4 aromatic rings. The van der Waals surface area contributed by atoms with Crippen molar-refractivity contribution in [1.82, 2.24) is 14.5 Å². The highest BCUT2D eigenvalue weighted by atomic mass is 79.9. The van der Waals surface area contributed by atoms with Gasteiger partial charge in [0, 0.05) is 30.6 Å². The van der Waals surface area contributed by atoms with Crippen LogP contribution in [0.1, 0.15) is 34.0 Å². The molecule has 0 aliphatic carbocycles. The third kappa shape index (κ3) is 7.31. The van der Waals surface area contributed by atoms with E-state index in [1.54, 1.807) is 12.1 Å². The lowest BCUT2D eigenvalue weighted by atomic mass is 10.0. The number of likely N-dealkylation sites (N-methyl/N-ethyl adjacent to an activating group) is 1. The van der Waals surface area contributed by atoms with Crippen LogP contribution in [0.4, 0.5) is 14.9 Å². The number of benzene rings is 2. The Morgan fingerprint density at radius 3 is 2.41 bits per heavy atom. The second kappa shape index (κ2) is 13.1. The van der Waals surface area contributed by atoms with E-state index < -0.39 is 29.4 Å². The van der Waals surface area contributed by atoms with Crippen LogP contribution in [0.3, 0.4) is 0 Å². The first-order valence-electron chi connectivity index (χ1n) is 12.5. The summed E-state index contributed by atoms with van der Waals surface area (Å²) in [6.07, 6.45) is 2.23. The van der Waals surface area contributed by atoms with E-state index in [1.165, 1.54) is 61.3 Å². The van der Waals surface area contributed by atoms with Gasteiger partial charge in [0.25, 0.3) is 5.56 Å². The summed E-state index contributed by atoms with van der Waals surface area (Å²) in [5.41, 5.74) is 1.43. The van der Waals surface area contributed by atoms with Crippen molar-refractivity contribution in [3.63, 3.8) is 0 Å². The molecule has 0 aliphatic rings. The average molecular weight is 621 g/mol. The van der Waals surface area contributed by atoms with Crippen molar-refractivity contribution in [3.05, 3.63) is 128 Å². The lowest BCUT2D eigenvalue weighted by Crippen LogP contribution is -2.44. The Hall–Kier alpha value is -4.64. The number of halogens is 2. The van der Waals surface area contributed by atoms with Crippen LogP contribution >= 0.6 is 15.9 Å². The highest BCUT2D eigenvalue weighted by Crippen LogP contribution is 2.16. The lowest BCUT2D eigenvalue weighted by molar-refractivity contribution is -0.120. The minimum atomic E-state index is -0.937. The van der Waals surface area contributed by atoms with E-state index in [9.17, 15) is 23.6 Å². The first kappa shape index (κ1) is 29.3. The fraction of sp³-hybridized carbons (Fsp3) is 0.167. The summed E-state index contributed by atoms with van der Waals surface area (Å²) in [7, 11) is 1.44. The number of ketones is 1. The van der Waals surface area contributed by atoms with E-state index in [0.29, 0.717) is 15.7 Å². The quantitative estimate of drug-likeness (QED) is 0.208. The van der Waals surface area contributed by atoms with Gasteiger partial charge in [0.15, 0.2) is 5.78 Å². The number of carbonyl (C=O) groups excluding carboxylic acids is 3. The summed E-state index contributed by atoms with van der Waals surface area (Å²) in [6, 6.07) is 18.0. The lowest BCUT2D eigenvalue weighted by Gasteiger charge is -2.23. The fourth-order valence-corrected chi connectivity index (χ4v) is 4.26. The number of anilines is 1. The molecule has 0 fully saturated rings. The van der Waals surface area contributed by atoms with Crippen molar-refractivity contribution in [3.8, 4) is 0 Å². The van der Waals surface area contributed by atoms with Gasteiger partial charge in [0.2, 0.25) is 5.91 Å². The molecular formula is C30H26BrFN4O5. The second-order valence-corrected chi connectivity index (χ2v) is 10.0. The van der Waals surface area contributed by atoms with Gasteiger partial charge in [-0.15, -0.1) is 0 Å². The molecule has 1 N–H and O–H groups in total. The number of rotatable bonds is 9. The van der Waals surface area contributed by atoms with Crippen LogP contribution in [-0.2, 0) is 22.7 Å². The predicted octanol–water partition coefficient (Wildman–Crippen LogP) is 5.02. The molecule has 2 aromatic carbocycles. The SMILES string of the molecule is C[C@@H](C(=O)Nc1ccc(Br)n(Cc2cncc(C(=O)c3ccc(F)cc3)c2)c1=O)N(C)C(=O)OCc1ccccc1. The molecule has 2 heterocycles. The second-order valence-electron chi connectivity index (χ2n) is 9.20. The largest absolute Gasteiger partial charge is 0.445 e. The van der Waals surface area contributed by atoms with Crippen molar-refractivity contribution < 1.29 is 23.5 Å². The molecular weight excluding hydrogens is 595 g/mol. The zero-order valence-electron chi connectivity index (χ0n) is 22.2. The van der Waals surface area contributed by atoms with E-state index >= 15 is 0 Å². The van der Waals surface area contributed by atoms with Crippen molar-refractivity contribution in [1.29, 1.82) is 0 Å². The van der Waals surface area contributed by atoms with E-state index in [1.807, 2.05) is 30.3 Å². The number of nitrogens with one attached hydrogen (secondary N) is 1. The maximum absolute atomic E-state index is 13.3. The van der Waals surface area contributed by atoms with Crippen molar-refractivity contribution in [2.45, 2.75) is 26.1 Å². The van der Waals surface area contributed by atoms with E-state index in [4.69, 9.17) is 4.74 Å². The average Bonchev–Trinajstić information content (AvgIpc) is 2.99. The summed E-state index contributed by atoms with van der Waals surface area (Å²) in [6.45, 7) is 1.62. The van der Waals surface area contributed by atoms with Crippen LogP contribution in [0.25, 0.3) is 0 Å². The van der Waals surface area contributed by atoms with Gasteiger partial charge in [-0.3, -0.25) is 28.8 Å². The van der Waals surface area contributed by atoms with Crippen LogP contribution < -0.4 is 10.9 Å². The van der Waals surface area contributed by atoms with Gasteiger partial charge in [-0.05, 0) is 76.4 Å². The first-order chi connectivity index (χ1) is 19.6. The Labute approximate surface area is 243 Å². The molecule has 0 bridgehead atoms. The molecule has 0 unspecified atom stereocenters. The van der Waals surface area contributed by atoms with Crippen LogP contribution in [0, 0.1) is 5.82 Å². The van der Waals surface area contributed by atoms with E-state index in [0.717, 1.165) is 10.5 Å². The Bertz CT molecular complexity index is 1630. The van der Waals surface area contributed by atoms with Gasteiger partial charge in [-0.1, -0.05) is 30.3 Å². The van der Waals surface area contributed by atoms with E-state index in [2.05, 4.69) is 26.2 Å². The molecule has 41 heavy (non-hydrogen) atoms. The summed E-state index contributed by atoms with van der Waals surface area (Å²) in [5.74, 6) is -1.37. The minimum Gasteiger partial charge on any atom is -0.445 e.